The van der Waals surface area contributed by atoms with Gasteiger partial charge in [-0.15, -0.1) is 5.10 Å². The van der Waals surface area contributed by atoms with Crippen LogP contribution in [0.15, 0.2) is 10.7 Å². The lowest BCUT2D eigenvalue weighted by atomic mass is 10.2. The van der Waals surface area contributed by atoms with E-state index in [2.05, 4.69) is 39.9 Å². The van der Waals surface area contributed by atoms with Crippen LogP contribution in [0.4, 0.5) is 0 Å². The van der Waals surface area contributed by atoms with Crippen molar-refractivity contribution in [2.75, 3.05) is 7.11 Å². The highest BCUT2D eigenvalue weighted by Crippen LogP contribution is 2.21. The molecule has 0 atom stereocenters. The smallest absolute Gasteiger partial charge is 0.177 e. The second kappa shape index (κ2) is 3.90. The van der Waals surface area contributed by atoms with Gasteiger partial charge < -0.3 is 4.74 Å². The Morgan fingerprint density at radius 3 is 2.87 bits per heavy atom. The minimum Gasteiger partial charge on any atom is -0.377 e. The van der Waals surface area contributed by atoms with Crippen molar-refractivity contribution in [1.82, 2.24) is 14.6 Å². The number of hydrogen-bond donors (Lipinski definition) is 0. The van der Waals surface area contributed by atoms with Crippen LogP contribution in [0.2, 0.25) is 0 Å². The molecule has 0 fully saturated rings. The van der Waals surface area contributed by atoms with E-state index in [4.69, 9.17) is 4.74 Å². The summed E-state index contributed by atoms with van der Waals surface area (Å²) in [6.07, 6.45) is 0. The fourth-order valence-electron chi connectivity index (χ4n) is 1.42. The molecule has 80 valence electrons. The molecule has 0 aliphatic carbocycles. The SMILES string of the molecule is COCc1nc2cc(C)c(C)c(Br)n2n1. The van der Waals surface area contributed by atoms with Crippen LogP contribution < -0.4 is 0 Å². The van der Waals surface area contributed by atoms with Crippen LogP contribution in [0, 0.1) is 13.8 Å². The maximum absolute atomic E-state index is 5.00. The van der Waals surface area contributed by atoms with E-state index in [1.807, 2.05) is 6.07 Å². The Morgan fingerprint density at radius 1 is 1.47 bits per heavy atom. The van der Waals surface area contributed by atoms with Crippen LogP contribution in [-0.2, 0) is 11.3 Å². The van der Waals surface area contributed by atoms with Gasteiger partial charge in [-0.1, -0.05) is 0 Å². The van der Waals surface area contributed by atoms with Gasteiger partial charge >= 0.3 is 0 Å². The predicted molar refractivity (Wildman–Crippen MR) is 60.9 cm³/mol. The summed E-state index contributed by atoms with van der Waals surface area (Å²) < 4.78 is 7.74. The molecule has 0 unspecified atom stereocenters. The molecule has 0 saturated carbocycles. The van der Waals surface area contributed by atoms with Crippen molar-refractivity contribution in [2.45, 2.75) is 20.5 Å². The minimum atomic E-state index is 0.437. The highest BCUT2D eigenvalue weighted by atomic mass is 79.9. The number of aryl methyl sites for hydroxylation is 1. The van der Waals surface area contributed by atoms with E-state index < -0.39 is 0 Å². The van der Waals surface area contributed by atoms with E-state index >= 15 is 0 Å². The highest BCUT2D eigenvalue weighted by Gasteiger charge is 2.09. The maximum atomic E-state index is 5.00. The standard InChI is InChI=1S/C10H12BrN3O/c1-6-4-9-12-8(5-15-3)13-14(9)10(11)7(6)2/h4H,5H2,1-3H3. The summed E-state index contributed by atoms with van der Waals surface area (Å²) in [5.41, 5.74) is 3.22. The molecule has 0 aromatic carbocycles. The summed E-state index contributed by atoms with van der Waals surface area (Å²) in [6.45, 7) is 4.55. The largest absolute Gasteiger partial charge is 0.377 e. The second-order valence-electron chi connectivity index (χ2n) is 3.47. The van der Waals surface area contributed by atoms with Gasteiger partial charge in [-0.25, -0.2) is 9.50 Å². The number of aromatic nitrogens is 3. The topological polar surface area (TPSA) is 39.4 Å². The van der Waals surface area contributed by atoms with Gasteiger partial charge in [0.2, 0.25) is 0 Å². The van der Waals surface area contributed by atoms with E-state index in [0.717, 1.165) is 10.3 Å². The number of methoxy groups -OCH3 is 1. The van der Waals surface area contributed by atoms with Crippen LogP contribution in [0.3, 0.4) is 0 Å². The molecule has 2 rings (SSSR count). The van der Waals surface area contributed by atoms with Gasteiger partial charge in [-0.2, -0.15) is 0 Å². The first kappa shape index (κ1) is 10.6. The molecule has 2 aromatic rings. The van der Waals surface area contributed by atoms with E-state index in [1.54, 1.807) is 11.6 Å². The van der Waals surface area contributed by atoms with E-state index in [1.165, 1.54) is 11.1 Å². The summed E-state index contributed by atoms with van der Waals surface area (Å²) in [7, 11) is 1.64. The number of halogens is 1. The molecule has 15 heavy (non-hydrogen) atoms. The summed E-state index contributed by atoms with van der Waals surface area (Å²) in [5, 5.41) is 4.34. The highest BCUT2D eigenvalue weighted by molar-refractivity contribution is 9.10. The van der Waals surface area contributed by atoms with E-state index in [9.17, 15) is 0 Å². The fourth-order valence-corrected chi connectivity index (χ4v) is 1.99. The predicted octanol–water partition coefficient (Wildman–Crippen LogP) is 2.26. The molecule has 0 N–H and O–H groups in total. The van der Waals surface area contributed by atoms with E-state index in [-0.39, 0.29) is 0 Å². The zero-order valence-corrected chi connectivity index (χ0v) is 10.5. The van der Waals surface area contributed by atoms with Crippen molar-refractivity contribution < 1.29 is 4.74 Å². The maximum Gasteiger partial charge on any atom is 0.177 e. The third kappa shape index (κ3) is 1.77. The third-order valence-electron chi connectivity index (χ3n) is 2.38. The Morgan fingerprint density at radius 2 is 2.20 bits per heavy atom. The summed E-state index contributed by atoms with van der Waals surface area (Å²) in [5.74, 6) is 0.697. The number of ether oxygens (including phenoxy) is 1. The van der Waals surface area contributed by atoms with Gasteiger partial charge in [0.05, 0.1) is 0 Å². The molecule has 2 aromatic heterocycles. The van der Waals surface area contributed by atoms with Crippen LogP contribution in [0.1, 0.15) is 17.0 Å². The first-order chi connectivity index (χ1) is 7.13. The number of rotatable bonds is 2. The normalized spacial score (nSPS) is 11.2. The van der Waals surface area contributed by atoms with Crippen molar-refractivity contribution in [2.24, 2.45) is 0 Å². The molecule has 5 heteroatoms. The molecule has 0 amide bonds. The molecule has 0 radical (unpaired) electrons. The lowest BCUT2D eigenvalue weighted by molar-refractivity contribution is 0.178. The van der Waals surface area contributed by atoms with Gasteiger partial charge in [-0.3, -0.25) is 0 Å². The zero-order chi connectivity index (χ0) is 11.0. The Hall–Kier alpha value is -0.940. The Labute approximate surface area is 96.4 Å². The number of pyridine rings is 1. The Kier molecular flexibility index (Phi) is 2.75. The van der Waals surface area contributed by atoms with Crippen LogP contribution in [-0.4, -0.2) is 21.7 Å². The fraction of sp³-hybridized carbons (Fsp3) is 0.400. The van der Waals surface area contributed by atoms with Gasteiger partial charge in [0, 0.05) is 7.11 Å². The molecule has 4 nitrogen and oxygen atoms in total. The molecule has 2 heterocycles. The lowest BCUT2D eigenvalue weighted by Crippen LogP contribution is -1.96. The minimum absolute atomic E-state index is 0.437. The van der Waals surface area contributed by atoms with Gasteiger partial charge in [0.15, 0.2) is 11.5 Å². The molecule has 0 aliphatic heterocycles. The molecular weight excluding hydrogens is 258 g/mol. The Bertz CT molecular complexity index is 507. The first-order valence-corrected chi connectivity index (χ1v) is 5.43. The van der Waals surface area contributed by atoms with E-state index in [0.29, 0.717) is 12.4 Å². The summed E-state index contributed by atoms with van der Waals surface area (Å²) >= 11 is 3.52. The van der Waals surface area contributed by atoms with Crippen LogP contribution in [0.25, 0.3) is 5.65 Å². The quantitative estimate of drug-likeness (QED) is 0.786. The van der Waals surface area contributed by atoms with Gasteiger partial charge in [0.25, 0.3) is 0 Å². The van der Waals surface area contributed by atoms with Gasteiger partial charge in [-0.05, 0) is 47.0 Å². The zero-order valence-electron chi connectivity index (χ0n) is 8.91. The number of fused-ring (bicyclic) bond motifs is 1. The number of nitrogens with zero attached hydrogens (tertiary/aromatic N) is 3. The van der Waals surface area contributed by atoms with Crippen molar-refractivity contribution in [1.29, 1.82) is 0 Å². The number of hydrogen-bond acceptors (Lipinski definition) is 3. The molecule has 0 saturated heterocycles. The van der Waals surface area contributed by atoms with Crippen LogP contribution in [0.5, 0.6) is 0 Å². The third-order valence-corrected chi connectivity index (χ3v) is 3.31. The molecule has 0 aliphatic rings. The van der Waals surface area contributed by atoms with Crippen molar-refractivity contribution >= 4 is 21.6 Å². The molecular formula is C10H12BrN3O. The average Bonchev–Trinajstić information content (AvgIpc) is 2.58. The monoisotopic (exact) mass is 269 g/mol. The molecule has 0 bridgehead atoms. The molecule has 0 spiro atoms. The summed E-state index contributed by atoms with van der Waals surface area (Å²) in [6, 6.07) is 2.02. The van der Waals surface area contributed by atoms with Crippen molar-refractivity contribution in [3.63, 3.8) is 0 Å². The Balaban J connectivity index is 2.65. The lowest BCUT2D eigenvalue weighted by Gasteiger charge is -2.03. The van der Waals surface area contributed by atoms with Crippen molar-refractivity contribution in [3.05, 3.63) is 27.6 Å². The van der Waals surface area contributed by atoms with Crippen molar-refractivity contribution in [3.8, 4) is 0 Å². The van der Waals surface area contributed by atoms with Gasteiger partial charge in [0.1, 0.15) is 11.2 Å². The average molecular weight is 270 g/mol. The first-order valence-electron chi connectivity index (χ1n) is 4.63. The summed E-state index contributed by atoms with van der Waals surface area (Å²) in [4.78, 5) is 4.36. The second-order valence-corrected chi connectivity index (χ2v) is 4.23. The van der Waals surface area contributed by atoms with Crippen LogP contribution >= 0.6 is 15.9 Å².